The van der Waals surface area contributed by atoms with Crippen molar-refractivity contribution in [2.75, 3.05) is 5.32 Å². The quantitative estimate of drug-likeness (QED) is 0.828. The first-order valence-corrected chi connectivity index (χ1v) is 7.04. The smallest absolute Gasteiger partial charge is 0.348 e. The summed E-state index contributed by atoms with van der Waals surface area (Å²) in [5.74, 6) is -2.15. The average Bonchev–Trinajstić information content (AvgIpc) is 2.52. The van der Waals surface area contributed by atoms with E-state index in [0.29, 0.717) is 12.1 Å². The fourth-order valence-electron chi connectivity index (χ4n) is 2.00. The van der Waals surface area contributed by atoms with Crippen molar-refractivity contribution in [1.29, 1.82) is 0 Å². The summed E-state index contributed by atoms with van der Waals surface area (Å²) in [5.41, 5.74) is -1.13. The molecule has 0 spiro atoms. The lowest BCUT2D eigenvalue weighted by Gasteiger charge is -2.11. The lowest BCUT2D eigenvalue weighted by atomic mass is 10.1. The number of aromatic nitrogens is 1. The van der Waals surface area contributed by atoms with E-state index in [2.05, 4.69) is 15.6 Å². The Kier molecular flexibility index (Phi) is 5.35. The summed E-state index contributed by atoms with van der Waals surface area (Å²) in [7, 11) is 0. The van der Waals surface area contributed by atoms with Crippen molar-refractivity contribution in [1.82, 2.24) is 10.3 Å². The molecule has 9 heteroatoms. The van der Waals surface area contributed by atoms with Gasteiger partial charge in [-0.3, -0.25) is 9.59 Å². The molecule has 0 unspecified atom stereocenters. The molecule has 2 aromatic rings. The molecule has 0 aliphatic rings. The van der Waals surface area contributed by atoms with Crippen molar-refractivity contribution in [3.63, 3.8) is 0 Å². The fourth-order valence-corrected chi connectivity index (χ4v) is 2.00. The van der Waals surface area contributed by atoms with E-state index in [1.807, 2.05) is 0 Å². The lowest BCUT2D eigenvalue weighted by Crippen LogP contribution is -2.23. The standard InChI is InChI=1S/C16H13F4N3O2/c1-9(24)23-14-7-11(4-5-21-14)15(25)22-8-10-2-3-13(17)12(6-10)16(18,19)20/h2-7H,8H2,1H3,(H,22,25)(H,21,23,24). The second-order valence-electron chi connectivity index (χ2n) is 5.11. The average molecular weight is 355 g/mol. The molecule has 132 valence electrons. The van der Waals surface area contributed by atoms with Crippen molar-refractivity contribution in [2.24, 2.45) is 0 Å². The molecule has 0 aliphatic carbocycles. The summed E-state index contributed by atoms with van der Waals surface area (Å²) in [6.07, 6.45) is -3.51. The molecule has 0 bridgehead atoms. The Morgan fingerprint density at radius 1 is 1.16 bits per heavy atom. The Hall–Kier alpha value is -2.97. The van der Waals surface area contributed by atoms with Gasteiger partial charge < -0.3 is 10.6 Å². The molecular weight excluding hydrogens is 342 g/mol. The van der Waals surface area contributed by atoms with Crippen LogP contribution in [0.3, 0.4) is 0 Å². The van der Waals surface area contributed by atoms with Gasteiger partial charge in [-0.2, -0.15) is 13.2 Å². The summed E-state index contributed by atoms with van der Waals surface area (Å²) >= 11 is 0. The molecule has 0 radical (unpaired) electrons. The number of anilines is 1. The van der Waals surface area contributed by atoms with Gasteiger partial charge in [0.05, 0.1) is 5.56 Å². The van der Waals surface area contributed by atoms with Gasteiger partial charge in [0, 0.05) is 25.2 Å². The van der Waals surface area contributed by atoms with Gasteiger partial charge in [0.2, 0.25) is 5.91 Å². The van der Waals surface area contributed by atoms with Crippen molar-refractivity contribution >= 4 is 17.6 Å². The molecule has 0 aliphatic heterocycles. The Labute approximate surface area is 140 Å². The number of rotatable bonds is 4. The minimum Gasteiger partial charge on any atom is -0.348 e. The highest BCUT2D eigenvalue weighted by atomic mass is 19.4. The maximum Gasteiger partial charge on any atom is 0.419 e. The number of hydrogen-bond donors (Lipinski definition) is 2. The predicted octanol–water partition coefficient (Wildman–Crippen LogP) is 3.13. The first-order chi connectivity index (χ1) is 11.7. The van der Waals surface area contributed by atoms with Crippen molar-refractivity contribution in [3.8, 4) is 0 Å². The third-order valence-corrected chi connectivity index (χ3v) is 3.12. The van der Waals surface area contributed by atoms with Gasteiger partial charge in [-0.1, -0.05) is 6.07 Å². The SMILES string of the molecule is CC(=O)Nc1cc(C(=O)NCc2ccc(F)c(C(F)(F)F)c2)ccn1. The van der Waals surface area contributed by atoms with Crippen molar-refractivity contribution in [2.45, 2.75) is 19.6 Å². The van der Waals surface area contributed by atoms with Crippen molar-refractivity contribution in [3.05, 3.63) is 59.0 Å². The Bertz CT molecular complexity index is 806. The summed E-state index contributed by atoms with van der Waals surface area (Å²) < 4.78 is 51.2. The number of pyridine rings is 1. The molecule has 2 N–H and O–H groups in total. The zero-order valence-corrected chi connectivity index (χ0v) is 12.9. The van der Waals surface area contributed by atoms with E-state index in [1.54, 1.807) is 0 Å². The van der Waals surface area contributed by atoms with Crippen LogP contribution in [0.2, 0.25) is 0 Å². The Balaban J connectivity index is 2.09. The molecule has 1 aromatic heterocycles. The Morgan fingerprint density at radius 2 is 1.88 bits per heavy atom. The largest absolute Gasteiger partial charge is 0.419 e. The second-order valence-corrected chi connectivity index (χ2v) is 5.11. The van der Waals surface area contributed by atoms with Crippen LogP contribution in [-0.4, -0.2) is 16.8 Å². The van der Waals surface area contributed by atoms with Gasteiger partial charge >= 0.3 is 6.18 Å². The third kappa shape index (κ3) is 5.00. The third-order valence-electron chi connectivity index (χ3n) is 3.12. The topological polar surface area (TPSA) is 71.1 Å². The minimum atomic E-state index is -4.82. The molecule has 0 saturated carbocycles. The highest BCUT2D eigenvalue weighted by molar-refractivity contribution is 5.96. The maximum atomic E-state index is 13.2. The number of carbonyl (C=O) groups excluding carboxylic acids is 2. The fraction of sp³-hybridized carbons (Fsp3) is 0.188. The molecule has 1 aromatic carbocycles. The van der Waals surface area contributed by atoms with Crippen LogP contribution in [0, 0.1) is 5.82 Å². The number of hydrogen-bond acceptors (Lipinski definition) is 3. The zero-order valence-electron chi connectivity index (χ0n) is 12.9. The molecule has 5 nitrogen and oxygen atoms in total. The second kappa shape index (κ2) is 7.29. The predicted molar refractivity (Wildman–Crippen MR) is 81.1 cm³/mol. The van der Waals surface area contributed by atoms with Crippen LogP contribution < -0.4 is 10.6 Å². The van der Waals surface area contributed by atoms with Crippen molar-refractivity contribution < 1.29 is 27.2 Å². The van der Waals surface area contributed by atoms with E-state index in [4.69, 9.17) is 0 Å². The van der Waals surface area contributed by atoms with Crippen LogP contribution in [0.15, 0.2) is 36.5 Å². The number of alkyl halides is 3. The lowest BCUT2D eigenvalue weighted by molar-refractivity contribution is -0.140. The van der Waals surface area contributed by atoms with Crippen LogP contribution >= 0.6 is 0 Å². The van der Waals surface area contributed by atoms with E-state index >= 15 is 0 Å². The molecular formula is C16H13F4N3O2. The van der Waals surface area contributed by atoms with E-state index in [0.717, 1.165) is 6.07 Å². The number of halogens is 4. The number of carbonyl (C=O) groups is 2. The van der Waals surface area contributed by atoms with Gasteiger partial charge in [0.25, 0.3) is 5.91 Å². The zero-order chi connectivity index (χ0) is 18.6. The number of nitrogens with zero attached hydrogens (tertiary/aromatic N) is 1. The number of nitrogens with one attached hydrogen (secondary N) is 2. The van der Waals surface area contributed by atoms with E-state index in [-0.39, 0.29) is 29.4 Å². The highest BCUT2D eigenvalue weighted by Crippen LogP contribution is 2.31. The molecule has 0 fully saturated rings. The molecule has 25 heavy (non-hydrogen) atoms. The molecule has 2 amide bonds. The van der Waals surface area contributed by atoms with E-state index in [1.165, 1.54) is 25.3 Å². The molecule has 2 rings (SSSR count). The van der Waals surface area contributed by atoms with Gasteiger partial charge in [0.1, 0.15) is 11.6 Å². The van der Waals surface area contributed by atoms with E-state index < -0.39 is 23.5 Å². The number of amides is 2. The van der Waals surface area contributed by atoms with Crippen LogP contribution in [-0.2, 0) is 17.5 Å². The van der Waals surface area contributed by atoms with Crippen LogP contribution in [0.4, 0.5) is 23.4 Å². The first kappa shape index (κ1) is 18.4. The summed E-state index contributed by atoms with van der Waals surface area (Å²) in [6.45, 7) is 1.06. The number of benzene rings is 1. The molecule has 0 atom stereocenters. The monoisotopic (exact) mass is 355 g/mol. The van der Waals surface area contributed by atoms with Gasteiger partial charge in [-0.15, -0.1) is 0 Å². The summed E-state index contributed by atoms with van der Waals surface area (Å²) in [5, 5.41) is 4.83. The van der Waals surface area contributed by atoms with Crippen LogP contribution in [0.1, 0.15) is 28.4 Å². The Morgan fingerprint density at radius 3 is 2.52 bits per heavy atom. The first-order valence-electron chi connectivity index (χ1n) is 7.04. The van der Waals surface area contributed by atoms with E-state index in [9.17, 15) is 27.2 Å². The van der Waals surface area contributed by atoms with Gasteiger partial charge in [-0.05, 0) is 29.8 Å². The molecule has 1 heterocycles. The van der Waals surface area contributed by atoms with Gasteiger partial charge in [0.15, 0.2) is 0 Å². The summed E-state index contributed by atoms with van der Waals surface area (Å²) in [4.78, 5) is 26.9. The minimum absolute atomic E-state index is 0.0956. The maximum absolute atomic E-state index is 13.2. The highest BCUT2D eigenvalue weighted by Gasteiger charge is 2.34. The van der Waals surface area contributed by atoms with Gasteiger partial charge in [-0.25, -0.2) is 9.37 Å². The molecule has 0 saturated heterocycles. The normalized spacial score (nSPS) is 11.1. The van der Waals surface area contributed by atoms with Crippen LogP contribution in [0.5, 0.6) is 0 Å². The summed E-state index contributed by atoms with van der Waals surface area (Å²) in [6, 6.07) is 5.20. The van der Waals surface area contributed by atoms with Crippen LogP contribution in [0.25, 0.3) is 0 Å².